The Morgan fingerprint density at radius 1 is 1.18 bits per heavy atom. The molecule has 140 valence electrons. The second kappa shape index (κ2) is 9.07. The average molecular weight is 390 g/mol. The molecule has 0 spiro atoms. The molecule has 7 heteroatoms. The highest BCUT2D eigenvalue weighted by Gasteiger charge is 2.18. The summed E-state index contributed by atoms with van der Waals surface area (Å²) in [5, 5.41) is 19.1. The van der Waals surface area contributed by atoms with Crippen LogP contribution in [0.2, 0.25) is 0 Å². The molecule has 3 rings (SSSR count). The highest BCUT2D eigenvalue weighted by Crippen LogP contribution is 2.28. The Labute approximate surface area is 167 Å². The van der Waals surface area contributed by atoms with Gasteiger partial charge in [-0.3, -0.25) is 9.36 Å². The third kappa shape index (κ3) is 4.00. The minimum absolute atomic E-state index is 0.192. The highest BCUT2D eigenvalue weighted by atomic mass is 32.2. The van der Waals surface area contributed by atoms with Gasteiger partial charge in [-0.05, 0) is 30.7 Å². The standard InChI is InChI=1S/C21H18N4O2S/c1-27-19-11-5-4-10-18(19)25-20(26)16-8-2-3-9-17(16)24-21(25)28-14-15(13-23)7-6-12-22/h2-5,8-11,15H,6-7,14H2,1H3/t15-/m1/s1. The minimum Gasteiger partial charge on any atom is -0.495 e. The number of fused-ring (bicyclic) bond motifs is 1. The molecule has 0 saturated heterocycles. The molecule has 1 atom stereocenters. The lowest BCUT2D eigenvalue weighted by atomic mass is 10.1. The molecule has 0 aliphatic heterocycles. The van der Waals surface area contributed by atoms with Gasteiger partial charge in [-0.2, -0.15) is 10.5 Å². The number of methoxy groups -OCH3 is 1. The predicted octanol–water partition coefficient (Wildman–Crippen LogP) is 3.93. The maximum Gasteiger partial charge on any atom is 0.266 e. The van der Waals surface area contributed by atoms with Crippen molar-refractivity contribution in [2.45, 2.75) is 18.0 Å². The summed E-state index contributed by atoms with van der Waals surface area (Å²) >= 11 is 1.34. The maximum absolute atomic E-state index is 13.3. The number of hydrogen-bond donors (Lipinski definition) is 0. The van der Waals surface area contributed by atoms with Gasteiger partial charge in [-0.1, -0.05) is 36.0 Å². The van der Waals surface area contributed by atoms with Crippen molar-refractivity contribution < 1.29 is 4.74 Å². The van der Waals surface area contributed by atoms with Crippen molar-refractivity contribution in [1.82, 2.24) is 9.55 Å². The number of benzene rings is 2. The first kappa shape index (κ1) is 19.5. The fourth-order valence-corrected chi connectivity index (χ4v) is 3.90. The normalized spacial score (nSPS) is 11.5. The Kier molecular flexibility index (Phi) is 6.31. The lowest BCUT2D eigenvalue weighted by molar-refractivity contribution is 0.411. The number of rotatable bonds is 7. The lowest BCUT2D eigenvalue weighted by Gasteiger charge is -2.16. The molecule has 1 heterocycles. The lowest BCUT2D eigenvalue weighted by Crippen LogP contribution is -2.22. The number of hydrogen-bond acceptors (Lipinski definition) is 6. The average Bonchev–Trinajstić information content (AvgIpc) is 2.74. The number of ether oxygens (including phenoxy) is 1. The molecule has 1 aromatic heterocycles. The van der Waals surface area contributed by atoms with E-state index in [1.807, 2.05) is 18.2 Å². The van der Waals surface area contributed by atoms with Crippen LogP contribution in [0.25, 0.3) is 16.6 Å². The molecule has 0 unspecified atom stereocenters. The predicted molar refractivity (Wildman–Crippen MR) is 109 cm³/mol. The van der Waals surface area contributed by atoms with Crippen molar-refractivity contribution in [2.75, 3.05) is 12.9 Å². The van der Waals surface area contributed by atoms with Crippen molar-refractivity contribution in [3.05, 3.63) is 58.9 Å². The molecule has 0 radical (unpaired) electrons. The van der Waals surface area contributed by atoms with Crippen LogP contribution in [0.1, 0.15) is 12.8 Å². The van der Waals surface area contributed by atoms with E-state index in [2.05, 4.69) is 17.1 Å². The molecule has 3 aromatic rings. The molecule has 6 nitrogen and oxygen atoms in total. The Bertz CT molecular complexity index is 1130. The number of aromatic nitrogens is 2. The van der Waals surface area contributed by atoms with Gasteiger partial charge in [0, 0.05) is 12.2 Å². The van der Waals surface area contributed by atoms with E-state index in [1.54, 1.807) is 37.4 Å². The largest absolute Gasteiger partial charge is 0.495 e. The maximum atomic E-state index is 13.3. The zero-order chi connectivity index (χ0) is 19.9. The number of para-hydroxylation sites is 3. The van der Waals surface area contributed by atoms with E-state index in [4.69, 9.17) is 10.00 Å². The molecule has 0 saturated carbocycles. The number of thioether (sulfide) groups is 1. The van der Waals surface area contributed by atoms with Crippen LogP contribution in [-0.4, -0.2) is 22.4 Å². The molecular weight excluding hydrogens is 372 g/mol. The van der Waals surface area contributed by atoms with E-state index in [-0.39, 0.29) is 11.5 Å². The van der Waals surface area contributed by atoms with Gasteiger partial charge in [-0.15, -0.1) is 0 Å². The quantitative estimate of drug-likeness (QED) is 0.448. The van der Waals surface area contributed by atoms with Crippen LogP contribution in [0.3, 0.4) is 0 Å². The van der Waals surface area contributed by atoms with Gasteiger partial charge in [0.05, 0.1) is 41.8 Å². The fourth-order valence-electron chi connectivity index (χ4n) is 2.84. The first-order chi connectivity index (χ1) is 13.7. The zero-order valence-electron chi connectivity index (χ0n) is 15.3. The van der Waals surface area contributed by atoms with Crippen LogP contribution in [0.5, 0.6) is 5.75 Å². The summed E-state index contributed by atoms with van der Waals surface area (Å²) in [6.45, 7) is 0. The minimum atomic E-state index is -0.292. The van der Waals surface area contributed by atoms with E-state index in [9.17, 15) is 10.1 Å². The second-order valence-corrected chi connectivity index (χ2v) is 7.04. The van der Waals surface area contributed by atoms with Crippen molar-refractivity contribution in [3.8, 4) is 23.6 Å². The molecule has 28 heavy (non-hydrogen) atoms. The fraction of sp³-hybridized carbons (Fsp3) is 0.238. The topological polar surface area (TPSA) is 91.7 Å². The molecular formula is C21H18N4O2S. The molecule has 0 fully saturated rings. The molecule has 0 amide bonds. The van der Waals surface area contributed by atoms with Crippen LogP contribution in [-0.2, 0) is 0 Å². The van der Waals surface area contributed by atoms with Crippen LogP contribution in [0, 0.1) is 28.6 Å². The Morgan fingerprint density at radius 3 is 2.68 bits per heavy atom. The summed E-state index contributed by atoms with van der Waals surface area (Å²) in [6.07, 6.45) is 0.815. The summed E-state index contributed by atoms with van der Waals surface area (Å²) in [6, 6.07) is 18.7. The van der Waals surface area contributed by atoms with E-state index < -0.39 is 0 Å². The van der Waals surface area contributed by atoms with Gasteiger partial charge in [0.1, 0.15) is 5.75 Å². The Balaban J connectivity index is 2.11. The van der Waals surface area contributed by atoms with E-state index in [1.165, 1.54) is 16.3 Å². The smallest absolute Gasteiger partial charge is 0.266 e. The molecule has 0 aliphatic carbocycles. The van der Waals surface area contributed by atoms with E-state index in [0.29, 0.717) is 46.1 Å². The zero-order valence-corrected chi connectivity index (χ0v) is 16.1. The van der Waals surface area contributed by atoms with Crippen LogP contribution in [0.15, 0.2) is 58.5 Å². The molecule has 2 aromatic carbocycles. The van der Waals surface area contributed by atoms with Crippen molar-refractivity contribution in [1.29, 1.82) is 10.5 Å². The summed E-state index contributed by atoms with van der Waals surface area (Å²) < 4.78 is 6.97. The van der Waals surface area contributed by atoms with Gasteiger partial charge in [0.15, 0.2) is 5.16 Å². The summed E-state index contributed by atoms with van der Waals surface area (Å²) in [4.78, 5) is 17.9. The summed E-state index contributed by atoms with van der Waals surface area (Å²) in [7, 11) is 1.55. The third-order valence-electron chi connectivity index (χ3n) is 4.27. The molecule has 0 N–H and O–H groups in total. The van der Waals surface area contributed by atoms with Crippen molar-refractivity contribution >= 4 is 22.7 Å². The van der Waals surface area contributed by atoms with Gasteiger partial charge in [0.2, 0.25) is 0 Å². The van der Waals surface area contributed by atoms with Crippen LogP contribution in [0.4, 0.5) is 0 Å². The Morgan fingerprint density at radius 2 is 1.93 bits per heavy atom. The first-order valence-corrected chi connectivity index (χ1v) is 9.72. The van der Waals surface area contributed by atoms with E-state index >= 15 is 0 Å². The van der Waals surface area contributed by atoms with Crippen LogP contribution >= 0.6 is 11.8 Å². The van der Waals surface area contributed by atoms with Gasteiger partial charge < -0.3 is 4.74 Å². The number of nitrogens with zero attached hydrogens (tertiary/aromatic N) is 4. The van der Waals surface area contributed by atoms with Crippen LogP contribution < -0.4 is 10.3 Å². The first-order valence-electron chi connectivity index (χ1n) is 8.74. The van der Waals surface area contributed by atoms with Gasteiger partial charge in [0.25, 0.3) is 5.56 Å². The monoisotopic (exact) mass is 390 g/mol. The number of nitriles is 2. The van der Waals surface area contributed by atoms with Gasteiger partial charge in [-0.25, -0.2) is 4.98 Å². The highest BCUT2D eigenvalue weighted by molar-refractivity contribution is 7.99. The third-order valence-corrected chi connectivity index (χ3v) is 5.37. The molecule has 0 bridgehead atoms. The Hall–Kier alpha value is -3.29. The van der Waals surface area contributed by atoms with Crippen molar-refractivity contribution in [2.24, 2.45) is 5.92 Å². The van der Waals surface area contributed by atoms with Gasteiger partial charge >= 0.3 is 0 Å². The summed E-state index contributed by atoms with van der Waals surface area (Å²) in [5.41, 5.74) is 1.01. The summed E-state index contributed by atoms with van der Waals surface area (Å²) in [5.74, 6) is 0.710. The van der Waals surface area contributed by atoms with E-state index in [0.717, 1.165) is 0 Å². The molecule has 0 aliphatic rings. The SMILES string of the molecule is COc1ccccc1-n1c(SC[C@@H](C#N)CCC#N)nc2ccccc2c1=O. The van der Waals surface area contributed by atoms with Crippen molar-refractivity contribution in [3.63, 3.8) is 0 Å². The second-order valence-electron chi connectivity index (χ2n) is 6.06.